The first kappa shape index (κ1) is 31.9. The molecule has 0 saturated carbocycles. The molecule has 0 aromatic heterocycles. The number of nitrogens with one attached hydrogen (secondary N) is 2. The number of rotatable bonds is 9. The van der Waals surface area contributed by atoms with Gasteiger partial charge in [0.1, 0.15) is 28.8 Å². The van der Waals surface area contributed by atoms with Crippen molar-refractivity contribution in [2.45, 2.75) is 68.8 Å². The van der Waals surface area contributed by atoms with Crippen molar-refractivity contribution in [3.63, 3.8) is 0 Å². The van der Waals surface area contributed by atoms with Gasteiger partial charge in [-0.2, -0.15) is 0 Å². The lowest BCUT2D eigenvalue weighted by molar-refractivity contribution is -0.167. The van der Waals surface area contributed by atoms with Gasteiger partial charge in [-0.1, -0.05) is 78.9 Å². The number of thioether (sulfide) groups is 1. The maximum atomic E-state index is 13.8. The van der Waals surface area contributed by atoms with Crippen LogP contribution in [0.5, 0.6) is 0 Å². The summed E-state index contributed by atoms with van der Waals surface area (Å²) in [4.78, 5) is 55.1. The van der Waals surface area contributed by atoms with E-state index in [9.17, 15) is 19.2 Å². The van der Waals surface area contributed by atoms with Gasteiger partial charge in [0, 0.05) is 5.41 Å². The van der Waals surface area contributed by atoms with E-state index in [-0.39, 0.29) is 5.76 Å². The van der Waals surface area contributed by atoms with Crippen molar-refractivity contribution in [3.05, 3.63) is 107 Å². The molecular formula is C34H37N3O7S. The van der Waals surface area contributed by atoms with Crippen molar-refractivity contribution >= 4 is 35.6 Å². The Morgan fingerprint density at radius 3 is 2.18 bits per heavy atom. The summed E-state index contributed by atoms with van der Waals surface area (Å²) in [6, 6.07) is 15.6. The molecule has 11 heteroatoms. The zero-order valence-corrected chi connectivity index (χ0v) is 26.4. The molecule has 4 atom stereocenters. The fraction of sp³-hybridized carbons (Fsp3) is 0.353. The third-order valence-corrected chi connectivity index (χ3v) is 8.62. The van der Waals surface area contributed by atoms with E-state index in [0.29, 0.717) is 18.4 Å². The van der Waals surface area contributed by atoms with Crippen LogP contribution >= 0.6 is 11.8 Å². The van der Waals surface area contributed by atoms with Gasteiger partial charge in [-0.25, -0.2) is 9.59 Å². The SMILES string of the molecule is COC1=CS[C@H]2C(NC(=O)C(NC(=O)OC(C)(C)C)C3=CCC=CC3)C(=O)N2C1C(=O)OC(c1ccccc1)c1ccccc1. The highest BCUT2D eigenvalue weighted by molar-refractivity contribution is 8.02. The Morgan fingerprint density at radius 2 is 1.62 bits per heavy atom. The van der Waals surface area contributed by atoms with Crippen LogP contribution in [0.4, 0.5) is 4.79 Å². The summed E-state index contributed by atoms with van der Waals surface area (Å²) in [6.45, 7) is 5.20. The molecule has 236 valence electrons. The predicted octanol–water partition coefficient (Wildman–Crippen LogP) is 4.75. The van der Waals surface area contributed by atoms with Gasteiger partial charge in [-0.15, -0.1) is 11.8 Å². The summed E-state index contributed by atoms with van der Waals surface area (Å²) in [5.41, 5.74) is 1.48. The number of amides is 3. The zero-order chi connectivity index (χ0) is 32.1. The van der Waals surface area contributed by atoms with E-state index >= 15 is 0 Å². The maximum Gasteiger partial charge on any atom is 0.408 e. The van der Waals surface area contributed by atoms with Crippen molar-refractivity contribution in [3.8, 4) is 0 Å². The van der Waals surface area contributed by atoms with Gasteiger partial charge in [0.2, 0.25) is 11.8 Å². The van der Waals surface area contributed by atoms with Crippen molar-refractivity contribution in [2.24, 2.45) is 0 Å². The molecule has 2 aliphatic heterocycles. The summed E-state index contributed by atoms with van der Waals surface area (Å²) in [5, 5.41) is 6.55. The number of hydrogen-bond acceptors (Lipinski definition) is 8. The van der Waals surface area contributed by atoms with Gasteiger partial charge in [-0.3, -0.25) is 9.59 Å². The monoisotopic (exact) mass is 631 g/mol. The second kappa shape index (κ2) is 13.6. The van der Waals surface area contributed by atoms with Crippen molar-refractivity contribution in [2.75, 3.05) is 7.11 Å². The molecular weight excluding hydrogens is 594 g/mol. The first-order valence-corrected chi connectivity index (χ1v) is 15.7. The molecule has 3 aliphatic rings. The second-order valence-corrected chi connectivity index (χ2v) is 12.8. The van der Waals surface area contributed by atoms with Gasteiger partial charge in [0.15, 0.2) is 12.1 Å². The molecule has 2 aromatic rings. The lowest BCUT2D eigenvalue weighted by atomic mass is 9.96. The summed E-state index contributed by atoms with van der Waals surface area (Å²) >= 11 is 1.26. The lowest BCUT2D eigenvalue weighted by Crippen LogP contribution is -2.74. The van der Waals surface area contributed by atoms with E-state index in [1.54, 1.807) is 26.2 Å². The van der Waals surface area contributed by atoms with E-state index in [2.05, 4.69) is 10.6 Å². The van der Waals surface area contributed by atoms with Crippen molar-refractivity contribution < 1.29 is 33.4 Å². The number of alkyl carbamates (subject to hydrolysis) is 1. The van der Waals surface area contributed by atoms with Crippen LogP contribution in [0.2, 0.25) is 0 Å². The summed E-state index contributed by atoms with van der Waals surface area (Å²) in [5.74, 6) is -1.40. The molecule has 10 nitrogen and oxygen atoms in total. The quantitative estimate of drug-likeness (QED) is 0.231. The molecule has 3 unspecified atom stereocenters. The Balaban J connectivity index is 1.33. The van der Waals surface area contributed by atoms with Gasteiger partial charge in [0.25, 0.3) is 0 Å². The fourth-order valence-electron chi connectivity index (χ4n) is 5.37. The number of hydrogen-bond donors (Lipinski definition) is 2. The number of nitrogens with zero attached hydrogens (tertiary/aromatic N) is 1. The minimum Gasteiger partial charge on any atom is -0.498 e. The number of β-lactam (4-membered cyclic amide) rings is 1. The van der Waals surface area contributed by atoms with Gasteiger partial charge >= 0.3 is 12.1 Å². The summed E-state index contributed by atoms with van der Waals surface area (Å²) in [7, 11) is 1.43. The number of benzene rings is 2. The predicted molar refractivity (Wildman–Crippen MR) is 169 cm³/mol. The molecule has 1 fully saturated rings. The highest BCUT2D eigenvalue weighted by Crippen LogP contribution is 2.41. The van der Waals surface area contributed by atoms with E-state index in [4.69, 9.17) is 14.2 Å². The maximum absolute atomic E-state index is 13.8. The molecule has 0 bridgehead atoms. The average molecular weight is 632 g/mol. The molecule has 0 radical (unpaired) electrons. The van der Waals surface area contributed by atoms with E-state index < -0.39 is 59.1 Å². The van der Waals surface area contributed by atoms with E-state index in [0.717, 1.165) is 11.1 Å². The standard InChI is InChI=1S/C34H37N3O7S/c1-34(2,3)44-33(41)36-25(21-14-8-5-9-15-21)29(38)35-26-30(39)37-27(24(42-4)20-45-31(26)37)32(40)43-28(22-16-10-6-11-17-22)23-18-12-7-13-19-23/h5-8,10-13,15-20,25-28,31H,9,14H2,1-4H3,(H,35,38)(H,36,41)/t25?,26?,27?,31-/m0/s1. The van der Waals surface area contributed by atoms with E-state index in [1.807, 2.05) is 78.9 Å². The number of methoxy groups -OCH3 is 1. The fourth-order valence-corrected chi connectivity index (χ4v) is 6.57. The molecule has 1 saturated heterocycles. The van der Waals surface area contributed by atoms with Crippen LogP contribution < -0.4 is 10.6 Å². The molecule has 45 heavy (non-hydrogen) atoms. The van der Waals surface area contributed by atoms with Crippen LogP contribution in [-0.2, 0) is 28.6 Å². The largest absolute Gasteiger partial charge is 0.498 e. The van der Waals surface area contributed by atoms with Gasteiger partial charge in [-0.05, 0) is 50.3 Å². The number of esters is 1. The number of ether oxygens (including phenoxy) is 3. The highest BCUT2D eigenvalue weighted by atomic mass is 32.2. The molecule has 3 amide bonds. The smallest absolute Gasteiger partial charge is 0.408 e. The summed E-state index contributed by atoms with van der Waals surface area (Å²) in [6.07, 6.45) is 5.40. The van der Waals surface area contributed by atoms with Crippen LogP contribution in [0.25, 0.3) is 0 Å². The zero-order valence-electron chi connectivity index (χ0n) is 25.6. The van der Waals surface area contributed by atoms with Crippen LogP contribution in [0.15, 0.2) is 95.6 Å². The Hall–Kier alpha value is -4.51. The molecule has 2 aromatic carbocycles. The Morgan fingerprint density at radius 1 is 0.978 bits per heavy atom. The van der Waals surface area contributed by atoms with Gasteiger partial charge in [0.05, 0.1) is 7.11 Å². The van der Waals surface area contributed by atoms with Crippen LogP contribution in [-0.4, -0.2) is 65.0 Å². The third-order valence-electron chi connectivity index (χ3n) is 7.48. The normalized spacial score (nSPS) is 21.4. The molecule has 2 heterocycles. The minimum absolute atomic E-state index is 0.267. The highest BCUT2D eigenvalue weighted by Gasteiger charge is 2.57. The average Bonchev–Trinajstić information content (AvgIpc) is 3.04. The van der Waals surface area contributed by atoms with Gasteiger partial charge < -0.3 is 29.7 Å². The summed E-state index contributed by atoms with van der Waals surface area (Å²) < 4.78 is 17.0. The topological polar surface area (TPSA) is 123 Å². The Labute approximate surface area is 266 Å². The molecule has 0 spiro atoms. The first-order chi connectivity index (χ1) is 21.6. The number of carbonyl (C=O) groups is 4. The Kier molecular flexibility index (Phi) is 9.67. The first-order valence-electron chi connectivity index (χ1n) is 14.7. The van der Waals surface area contributed by atoms with Crippen LogP contribution in [0, 0.1) is 0 Å². The van der Waals surface area contributed by atoms with Crippen molar-refractivity contribution in [1.29, 1.82) is 0 Å². The molecule has 2 N–H and O–H groups in total. The molecule has 5 rings (SSSR count). The Bertz CT molecular complexity index is 1480. The minimum atomic E-state index is -1.14. The third kappa shape index (κ3) is 7.25. The second-order valence-electron chi connectivity index (χ2n) is 11.8. The van der Waals surface area contributed by atoms with Crippen molar-refractivity contribution in [1.82, 2.24) is 15.5 Å². The molecule has 1 aliphatic carbocycles. The number of carbonyl (C=O) groups excluding carboxylic acids is 4. The van der Waals surface area contributed by atoms with Crippen LogP contribution in [0.1, 0.15) is 50.8 Å². The van der Waals surface area contributed by atoms with E-state index in [1.165, 1.54) is 23.8 Å². The number of allylic oxidation sites excluding steroid dienone is 3. The lowest BCUT2D eigenvalue weighted by Gasteiger charge is -2.51. The van der Waals surface area contributed by atoms with Crippen LogP contribution in [0.3, 0.4) is 0 Å². The number of fused-ring (bicyclic) bond motifs is 1.